The van der Waals surface area contributed by atoms with Gasteiger partial charge in [-0.25, -0.2) is 13.2 Å². The van der Waals surface area contributed by atoms with Gasteiger partial charge in [-0.15, -0.1) is 0 Å². The van der Waals surface area contributed by atoms with Crippen molar-refractivity contribution in [1.29, 1.82) is 0 Å². The second kappa shape index (κ2) is 8.07. The zero-order valence-electron chi connectivity index (χ0n) is 18.5. The van der Waals surface area contributed by atoms with E-state index in [1.165, 1.54) is 11.9 Å². The second-order valence-corrected chi connectivity index (χ2v) is 12.2. The molecule has 10 nitrogen and oxygen atoms in total. The Labute approximate surface area is 182 Å². The predicted octanol–water partition coefficient (Wildman–Crippen LogP) is 0.312. The molecule has 0 unspecified atom stereocenters. The number of nitrogens with zero attached hydrogens (tertiary/aromatic N) is 2. The van der Waals surface area contributed by atoms with Crippen LogP contribution in [0.5, 0.6) is 0 Å². The van der Waals surface area contributed by atoms with E-state index in [0.717, 1.165) is 11.3 Å². The first-order valence-corrected chi connectivity index (χ1v) is 12.3. The standard InChI is InChI=1S/C20H31N3O7S/c1-13-7-19(2,3)12-20(8-13)17(26)23(18(27)21-20)9-16(25)30-10-15(24)22(4)14-5-6-31(28,29)11-14/h13-14H,5-12H2,1-4H3,(H,21,27)/t13-,14+,20+/m0/s1. The van der Waals surface area contributed by atoms with Crippen LogP contribution in [0.15, 0.2) is 0 Å². The van der Waals surface area contributed by atoms with Crippen LogP contribution in [0.25, 0.3) is 0 Å². The molecule has 0 bridgehead atoms. The minimum absolute atomic E-state index is 0.0262. The Balaban J connectivity index is 1.55. The number of ether oxygens (including phenoxy) is 1. The van der Waals surface area contributed by atoms with Crippen molar-refractivity contribution in [3.63, 3.8) is 0 Å². The van der Waals surface area contributed by atoms with E-state index in [4.69, 9.17) is 4.74 Å². The molecular formula is C20H31N3O7S. The Hall–Kier alpha value is -2.17. The third kappa shape index (κ3) is 5.02. The highest BCUT2D eigenvalue weighted by Crippen LogP contribution is 2.46. The molecule has 1 saturated carbocycles. The molecule has 31 heavy (non-hydrogen) atoms. The minimum Gasteiger partial charge on any atom is -0.454 e. The van der Waals surface area contributed by atoms with Gasteiger partial charge >= 0.3 is 12.0 Å². The van der Waals surface area contributed by atoms with Crippen molar-refractivity contribution >= 4 is 33.7 Å². The third-order valence-electron chi connectivity index (χ3n) is 6.42. The van der Waals surface area contributed by atoms with Crippen molar-refractivity contribution in [2.45, 2.75) is 58.0 Å². The van der Waals surface area contributed by atoms with E-state index in [1.54, 1.807) is 0 Å². The quantitative estimate of drug-likeness (QED) is 0.464. The molecule has 2 heterocycles. The van der Waals surface area contributed by atoms with E-state index in [9.17, 15) is 27.6 Å². The van der Waals surface area contributed by atoms with Gasteiger partial charge in [0.2, 0.25) is 0 Å². The van der Waals surface area contributed by atoms with Gasteiger partial charge in [0, 0.05) is 13.1 Å². The molecule has 3 aliphatic rings. The summed E-state index contributed by atoms with van der Waals surface area (Å²) in [4.78, 5) is 52.1. The molecule has 1 N–H and O–H groups in total. The van der Waals surface area contributed by atoms with Gasteiger partial charge < -0.3 is 15.0 Å². The van der Waals surface area contributed by atoms with Crippen molar-refractivity contribution in [2.75, 3.05) is 31.7 Å². The Morgan fingerprint density at radius 1 is 1.26 bits per heavy atom. The van der Waals surface area contributed by atoms with Crippen molar-refractivity contribution in [3.05, 3.63) is 0 Å². The summed E-state index contributed by atoms with van der Waals surface area (Å²) in [5.74, 6) is -1.68. The monoisotopic (exact) mass is 457 g/mol. The number of amides is 4. The SMILES string of the molecule is C[C@H]1CC(C)(C)C[C@@]2(C1)NC(=O)N(CC(=O)OCC(=O)N(C)[C@@H]1CCS(=O)(=O)C1)C2=O. The van der Waals surface area contributed by atoms with Crippen LogP contribution in [0.2, 0.25) is 0 Å². The first-order valence-electron chi connectivity index (χ1n) is 10.5. The van der Waals surface area contributed by atoms with Crippen LogP contribution in [0.3, 0.4) is 0 Å². The van der Waals surface area contributed by atoms with Gasteiger partial charge in [-0.2, -0.15) is 0 Å². The number of rotatable bonds is 5. The van der Waals surface area contributed by atoms with Gasteiger partial charge in [0.15, 0.2) is 16.4 Å². The van der Waals surface area contributed by atoms with Crippen molar-refractivity contribution in [2.24, 2.45) is 11.3 Å². The zero-order valence-corrected chi connectivity index (χ0v) is 19.3. The Morgan fingerprint density at radius 3 is 2.52 bits per heavy atom. The predicted molar refractivity (Wildman–Crippen MR) is 111 cm³/mol. The molecule has 0 radical (unpaired) electrons. The molecule has 2 saturated heterocycles. The number of imide groups is 1. The second-order valence-electron chi connectivity index (χ2n) is 9.98. The molecule has 3 atom stereocenters. The number of esters is 1. The van der Waals surface area contributed by atoms with Gasteiger partial charge in [0.1, 0.15) is 12.1 Å². The van der Waals surface area contributed by atoms with Gasteiger partial charge in [-0.1, -0.05) is 20.8 Å². The number of hydrogen-bond donors (Lipinski definition) is 1. The average Bonchev–Trinajstić information content (AvgIpc) is 3.09. The molecule has 1 aliphatic carbocycles. The van der Waals surface area contributed by atoms with Gasteiger partial charge in [0.25, 0.3) is 11.8 Å². The number of carbonyl (C=O) groups excluding carboxylic acids is 4. The first kappa shape index (κ1) is 23.5. The largest absolute Gasteiger partial charge is 0.454 e. The zero-order chi connectivity index (χ0) is 23.2. The van der Waals surface area contributed by atoms with E-state index < -0.39 is 58.4 Å². The molecule has 11 heteroatoms. The highest BCUT2D eigenvalue weighted by Gasteiger charge is 2.56. The third-order valence-corrected chi connectivity index (χ3v) is 8.17. The maximum absolute atomic E-state index is 13.0. The molecule has 2 aliphatic heterocycles. The summed E-state index contributed by atoms with van der Waals surface area (Å²) in [5, 5.41) is 2.79. The summed E-state index contributed by atoms with van der Waals surface area (Å²) in [7, 11) is -1.68. The summed E-state index contributed by atoms with van der Waals surface area (Å²) in [6.45, 7) is 4.99. The molecule has 0 aromatic heterocycles. The van der Waals surface area contributed by atoms with Crippen LogP contribution < -0.4 is 5.32 Å². The fraction of sp³-hybridized carbons (Fsp3) is 0.800. The summed E-state index contributed by atoms with van der Waals surface area (Å²) in [6, 6.07) is -1.08. The van der Waals surface area contributed by atoms with Crippen molar-refractivity contribution < 1.29 is 32.3 Å². The topological polar surface area (TPSA) is 130 Å². The van der Waals surface area contributed by atoms with Crippen LogP contribution >= 0.6 is 0 Å². The fourth-order valence-electron chi connectivity index (χ4n) is 5.35. The Kier molecular flexibility index (Phi) is 6.11. The molecule has 4 amide bonds. The maximum atomic E-state index is 13.0. The molecular weight excluding hydrogens is 426 g/mol. The van der Waals surface area contributed by atoms with Crippen molar-refractivity contribution in [1.82, 2.24) is 15.1 Å². The smallest absolute Gasteiger partial charge is 0.326 e. The van der Waals surface area contributed by atoms with E-state index in [0.29, 0.717) is 19.3 Å². The average molecular weight is 458 g/mol. The maximum Gasteiger partial charge on any atom is 0.326 e. The van der Waals surface area contributed by atoms with Crippen LogP contribution in [-0.4, -0.2) is 85.3 Å². The highest BCUT2D eigenvalue weighted by molar-refractivity contribution is 7.91. The van der Waals surface area contributed by atoms with E-state index in [2.05, 4.69) is 19.2 Å². The molecule has 1 spiro atoms. The number of carbonyl (C=O) groups is 4. The van der Waals surface area contributed by atoms with Crippen LogP contribution in [-0.2, 0) is 29.0 Å². The lowest BCUT2D eigenvalue weighted by atomic mass is 9.64. The van der Waals surface area contributed by atoms with E-state index in [-0.39, 0.29) is 22.8 Å². The number of hydrogen-bond acceptors (Lipinski definition) is 7. The Bertz CT molecular complexity index is 900. The summed E-state index contributed by atoms with van der Waals surface area (Å²) >= 11 is 0. The minimum atomic E-state index is -3.15. The highest BCUT2D eigenvalue weighted by atomic mass is 32.2. The lowest BCUT2D eigenvalue weighted by molar-refractivity contribution is -0.154. The lowest BCUT2D eigenvalue weighted by Gasteiger charge is -2.43. The molecule has 0 aromatic rings. The van der Waals surface area contributed by atoms with E-state index in [1.807, 2.05) is 6.92 Å². The fourth-order valence-corrected chi connectivity index (χ4v) is 7.13. The van der Waals surface area contributed by atoms with Gasteiger partial charge in [-0.05, 0) is 37.0 Å². The number of sulfone groups is 1. The van der Waals surface area contributed by atoms with Gasteiger partial charge in [-0.3, -0.25) is 19.3 Å². The first-order chi connectivity index (χ1) is 14.2. The summed E-state index contributed by atoms with van der Waals surface area (Å²) in [5.41, 5.74) is -1.13. The van der Waals surface area contributed by atoms with Gasteiger partial charge in [0.05, 0.1) is 11.5 Å². The van der Waals surface area contributed by atoms with Crippen LogP contribution in [0, 0.1) is 11.3 Å². The van der Waals surface area contributed by atoms with Crippen LogP contribution in [0.1, 0.15) is 46.5 Å². The number of likely N-dealkylation sites (N-methyl/N-ethyl adjacent to an activating group) is 1. The molecule has 3 rings (SSSR count). The summed E-state index contributed by atoms with van der Waals surface area (Å²) < 4.78 is 28.1. The van der Waals surface area contributed by atoms with E-state index >= 15 is 0 Å². The summed E-state index contributed by atoms with van der Waals surface area (Å²) in [6.07, 6.45) is 2.30. The lowest BCUT2D eigenvalue weighted by Crippen LogP contribution is -2.54. The Morgan fingerprint density at radius 2 is 1.94 bits per heavy atom. The van der Waals surface area contributed by atoms with Crippen molar-refractivity contribution in [3.8, 4) is 0 Å². The number of urea groups is 1. The van der Waals surface area contributed by atoms with Crippen LogP contribution in [0.4, 0.5) is 4.79 Å². The molecule has 3 fully saturated rings. The molecule has 174 valence electrons. The normalized spacial score (nSPS) is 31.5. The molecule has 0 aromatic carbocycles. The number of nitrogens with one attached hydrogen (secondary N) is 1.